The van der Waals surface area contributed by atoms with Gasteiger partial charge in [-0.3, -0.25) is 14.4 Å². The molecule has 0 fully saturated rings. The standard InChI is InChI=1S/C71H114O6/c1-4-7-10-13-16-19-22-25-27-29-31-32-33-34-35-36-37-38-40-41-43-46-49-52-55-58-61-64-70(73)76-67-68(66-75-69(72)63-60-57-54-51-48-45-24-21-18-15-12-9-6-3)77-71(74)65-62-59-56-53-50-47-44-42-39-30-28-26-23-20-17-14-11-8-5-2/h7,9-10,12,16-21,25-28,31-32,34-35,39,42,45,48,54,57,68H,4-6,8,11,13-15,22-24,29-30,33,36-38,40-41,43-44,46-47,49-53,55-56,58-67H2,1-3H3/b10-7-,12-9-,19-16-,20-17-,21-18-,27-25-,28-26-,32-31-,35-34-,42-39-,48-45-,57-54-. The minimum atomic E-state index is -0.822. The maximum Gasteiger partial charge on any atom is 0.306 e. The molecule has 77 heavy (non-hydrogen) atoms. The first-order valence-corrected chi connectivity index (χ1v) is 31.3. The molecule has 1 unspecified atom stereocenters. The summed E-state index contributed by atoms with van der Waals surface area (Å²) in [6.45, 7) is 6.31. The van der Waals surface area contributed by atoms with E-state index in [0.29, 0.717) is 19.3 Å². The summed E-state index contributed by atoms with van der Waals surface area (Å²) in [6, 6.07) is 0. The van der Waals surface area contributed by atoms with Gasteiger partial charge in [0.2, 0.25) is 0 Å². The number of allylic oxidation sites excluding steroid dienone is 24. The van der Waals surface area contributed by atoms with Crippen LogP contribution in [0.4, 0.5) is 0 Å². The molecule has 0 amide bonds. The fourth-order valence-corrected chi connectivity index (χ4v) is 8.20. The molecule has 0 radical (unpaired) electrons. The largest absolute Gasteiger partial charge is 0.462 e. The van der Waals surface area contributed by atoms with Gasteiger partial charge >= 0.3 is 17.9 Å². The molecule has 434 valence electrons. The Labute approximate surface area is 474 Å². The lowest BCUT2D eigenvalue weighted by atomic mass is 10.0. The maximum absolute atomic E-state index is 12.9. The molecule has 0 aromatic rings. The first-order valence-electron chi connectivity index (χ1n) is 31.3. The SMILES string of the molecule is CC/C=C\C/C=C\C/C=C\C/C=C\C/C=C\CCCCCCCCCCCCCC(=O)OCC(COC(=O)CC/C=C\C/C=C\C/C=C\C/C=C\CC)OC(=O)CCCCCCCC/C=C\C/C=C\C/C=C\CCCCC. The van der Waals surface area contributed by atoms with E-state index in [1.54, 1.807) is 0 Å². The summed E-state index contributed by atoms with van der Waals surface area (Å²) in [5.74, 6) is -1.01. The van der Waals surface area contributed by atoms with Crippen LogP contribution in [0.5, 0.6) is 0 Å². The Morgan fingerprint density at radius 1 is 0.273 bits per heavy atom. The van der Waals surface area contributed by atoms with Gasteiger partial charge in [0, 0.05) is 19.3 Å². The Kier molecular flexibility index (Phi) is 59.9. The van der Waals surface area contributed by atoms with Crippen molar-refractivity contribution in [3.05, 3.63) is 146 Å². The molecule has 0 aliphatic carbocycles. The van der Waals surface area contributed by atoms with E-state index in [1.807, 2.05) is 6.08 Å². The summed E-state index contributed by atoms with van der Waals surface area (Å²) in [4.78, 5) is 38.2. The zero-order valence-corrected chi connectivity index (χ0v) is 49.7. The summed E-state index contributed by atoms with van der Waals surface area (Å²) in [6.07, 6.45) is 91.5. The van der Waals surface area contributed by atoms with Gasteiger partial charge in [-0.2, -0.15) is 0 Å². The molecular weight excluding hydrogens is 949 g/mol. The van der Waals surface area contributed by atoms with Crippen LogP contribution in [-0.4, -0.2) is 37.2 Å². The van der Waals surface area contributed by atoms with Gasteiger partial charge in [-0.05, 0) is 128 Å². The minimum Gasteiger partial charge on any atom is -0.462 e. The lowest BCUT2D eigenvalue weighted by molar-refractivity contribution is -0.166. The van der Waals surface area contributed by atoms with Gasteiger partial charge in [-0.25, -0.2) is 0 Å². The zero-order valence-electron chi connectivity index (χ0n) is 49.7. The summed E-state index contributed by atoms with van der Waals surface area (Å²) >= 11 is 0. The number of hydrogen-bond donors (Lipinski definition) is 0. The topological polar surface area (TPSA) is 78.9 Å². The second-order valence-corrected chi connectivity index (χ2v) is 20.2. The van der Waals surface area contributed by atoms with Crippen LogP contribution in [0.2, 0.25) is 0 Å². The third-order valence-electron chi connectivity index (χ3n) is 12.8. The van der Waals surface area contributed by atoms with Gasteiger partial charge < -0.3 is 14.2 Å². The molecule has 0 aromatic carbocycles. The summed E-state index contributed by atoms with van der Waals surface area (Å²) in [5, 5.41) is 0. The van der Waals surface area contributed by atoms with Crippen LogP contribution in [0.25, 0.3) is 0 Å². The maximum atomic E-state index is 12.9. The number of esters is 3. The Morgan fingerprint density at radius 2 is 0.532 bits per heavy atom. The van der Waals surface area contributed by atoms with Crippen molar-refractivity contribution < 1.29 is 28.6 Å². The molecule has 0 aliphatic rings. The van der Waals surface area contributed by atoms with Gasteiger partial charge in [0.25, 0.3) is 0 Å². The fraction of sp³-hybridized carbons (Fsp3) is 0.620. The average molecular weight is 1060 g/mol. The van der Waals surface area contributed by atoms with Crippen LogP contribution in [0.3, 0.4) is 0 Å². The molecule has 0 N–H and O–H groups in total. The number of carbonyl (C=O) groups excluding carboxylic acids is 3. The van der Waals surface area contributed by atoms with E-state index in [-0.39, 0.29) is 37.5 Å². The predicted octanol–water partition coefficient (Wildman–Crippen LogP) is 21.5. The zero-order chi connectivity index (χ0) is 55.7. The predicted molar refractivity (Wildman–Crippen MR) is 334 cm³/mol. The van der Waals surface area contributed by atoms with E-state index in [2.05, 4.69) is 161 Å². The van der Waals surface area contributed by atoms with Crippen molar-refractivity contribution in [3.63, 3.8) is 0 Å². The molecule has 6 heteroatoms. The Balaban J connectivity index is 4.39. The minimum absolute atomic E-state index is 0.112. The van der Waals surface area contributed by atoms with Crippen molar-refractivity contribution in [1.29, 1.82) is 0 Å². The Morgan fingerprint density at radius 3 is 0.870 bits per heavy atom. The highest BCUT2D eigenvalue weighted by Gasteiger charge is 2.19. The van der Waals surface area contributed by atoms with Gasteiger partial charge in [0.15, 0.2) is 6.10 Å². The first-order chi connectivity index (χ1) is 38.0. The van der Waals surface area contributed by atoms with Gasteiger partial charge in [-0.15, -0.1) is 0 Å². The second-order valence-electron chi connectivity index (χ2n) is 20.2. The summed E-state index contributed by atoms with van der Waals surface area (Å²) < 4.78 is 16.8. The van der Waals surface area contributed by atoms with Gasteiger partial charge in [0.05, 0.1) is 0 Å². The monoisotopic (exact) mass is 1060 g/mol. The normalized spacial score (nSPS) is 13.1. The lowest BCUT2D eigenvalue weighted by Gasteiger charge is -2.18. The number of ether oxygens (including phenoxy) is 3. The molecule has 0 spiro atoms. The molecule has 0 rings (SSSR count). The van der Waals surface area contributed by atoms with E-state index < -0.39 is 6.10 Å². The first kappa shape index (κ1) is 72.3. The third-order valence-corrected chi connectivity index (χ3v) is 12.8. The summed E-state index contributed by atoms with van der Waals surface area (Å²) in [5.41, 5.74) is 0. The van der Waals surface area contributed by atoms with Crippen molar-refractivity contribution in [2.45, 2.75) is 271 Å². The van der Waals surface area contributed by atoms with Gasteiger partial charge in [0.1, 0.15) is 13.2 Å². The Bertz CT molecular complexity index is 1700. The van der Waals surface area contributed by atoms with Crippen molar-refractivity contribution >= 4 is 17.9 Å². The Hall–Kier alpha value is -4.71. The van der Waals surface area contributed by atoms with E-state index in [0.717, 1.165) is 122 Å². The quantitative estimate of drug-likeness (QED) is 0.0261. The third kappa shape index (κ3) is 62.0. The highest BCUT2D eigenvalue weighted by atomic mass is 16.6. The highest BCUT2D eigenvalue weighted by molar-refractivity contribution is 5.71. The summed E-state index contributed by atoms with van der Waals surface area (Å²) in [7, 11) is 0. The van der Waals surface area contributed by atoms with Crippen LogP contribution in [-0.2, 0) is 28.6 Å². The molecular formula is C71H114O6. The molecule has 0 saturated carbocycles. The average Bonchev–Trinajstić information content (AvgIpc) is 3.43. The number of carbonyl (C=O) groups is 3. The van der Waals surface area contributed by atoms with Crippen LogP contribution < -0.4 is 0 Å². The molecule has 0 saturated heterocycles. The van der Waals surface area contributed by atoms with Gasteiger partial charge in [-0.1, -0.05) is 263 Å². The van der Waals surface area contributed by atoms with Crippen LogP contribution in [0, 0.1) is 0 Å². The lowest BCUT2D eigenvalue weighted by Crippen LogP contribution is -2.30. The van der Waals surface area contributed by atoms with E-state index >= 15 is 0 Å². The van der Waals surface area contributed by atoms with Crippen LogP contribution in [0.1, 0.15) is 265 Å². The highest BCUT2D eigenvalue weighted by Crippen LogP contribution is 2.15. The van der Waals surface area contributed by atoms with Crippen molar-refractivity contribution in [3.8, 4) is 0 Å². The molecule has 0 heterocycles. The van der Waals surface area contributed by atoms with E-state index in [1.165, 1.54) is 96.3 Å². The fourth-order valence-electron chi connectivity index (χ4n) is 8.20. The molecule has 0 aromatic heterocycles. The number of hydrogen-bond acceptors (Lipinski definition) is 6. The smallest absolute Gasteiger partial charge is 0.306 e. The number of rotatable bonds is 55. The second kappa shape index (κ2) is 63.8. The van der Waals surface area contributed by atoms with Crippen molar-refractivity contribution in [1.82, 2.24) is 0 Å². The van der Waals surface area contributed by atoms with E-state index in [4.69, 9.17) is 14.2 Å². The number of unbranched alkanes of at least 4 members (excludes halogenated alkanes) is 20. The van der Waals surface area contributed by atoms with E-state index in [9.17, 15) is 14.4 Å². The van der Waals surface area contributed by atoms with Crippen LogP contribution in [0.15, 0.2) is 146 Å². The molecule has 0 bridgehead atoms. The molecule has 1 atom stereocenters. The van der Waals surface area contributed by atoms with Crippen LogP contribution >= 0.6 is 0 Å². The molecule has 6 nitrogen and oxygen atoms in total. The van der Waals surface area contributed by atoms with Crippen molar-refractivity contribution in [2.24, 2.45) is 0 Å². The van der Waals surface area contributed by atoms with Crippen molar-refractivity contribution in [2.75, 3.05) is 13.2 Å². The molecule has 0 aliphatic heterocycles.